The Morgan fingerprint density at radius 2 is 1.60 bits per heavy atom. The third-order valence-corrected chi connectivity index (χ3v) is 2.03. The predicted molar refractivity (Wildman–Crippen MR) is 54.0 cm³/mol. The van der Waals surface area contributed by atoms with Crippen LogP contribution in [0.2, 0.25) is 0 Å². The van der Waals surface area contributed by atoms with E-state index in [2.05, 4.69) is 6.07 Å². The van der Waals surface area contributed by atoms with Gasteiger partial charge in [-0.3, -0.25) is 0 Å². The van der Waals surface area contributed by atoms with Crippen molar-refractivity contribution < 1.29 is 39.8 Å². The van der Waals surface area contributed by atoms with Gasteiger partial charge in [-0.1, -0.05) is 35.9 Å². The summed E-state index contributed by atoms with van der Waals surface area (Å²) < 4.78 is 0. The number of aromatic hydroxyl groups is 2. The van der Waals surface area contributed by atoms with E-state index in [-0.39, 0.29) is 41.1 Å². The maximum absolute atomic E-state index is 9.57. The summed E-state index contributed by atoms with van der Waals surface area (Å²) in [5.74, 6) is -0.343. The minimum Gasteiger partial charge on any atom is -0.561 e. The van der Waals surface area contributed by atoms with E-state index < -0.39 is 0 Å². The van der Waals surface area contributed by atoms with Crippen molar-refractivity contribution in [3.63, 3.8) is 0 Å². The van der Waals surface area contributed by atoms with Gasteiger partial charge in [0.25, 0.3) is 0 Å². The minimum absolute atomic E-state index is 0. The topological polar surface area (TPSA) is 40.5 Å². The van der Waals surface area contributed by atoms with E-state index >= 15 is 0 Å². The second-order valence-corrected chi connectivity index (χ2v) is 2.95. The Morgan fingerprint density at radius 1 is 0.933 bits per heavy atom. The molecule has 0 bridgehead atoms. The number of rotatable bonds is 1. The normalized spacial score (nSPS) is 9.33. The van der Waals surface area contributed by atoms with Gasteiger partial charge in [0.05, 0.1) is 5.75 Å². The zero-order valence-corrected chi connectivity index (χ0v) is 10.4. The second-order valence-electron chi connectivity index (χ2n) is 2.95. The fourth-order valence-electron chi connectivity index (χ4n) is 1.33. The van der Waals surface area contributed by atoms with Gasteiger partial charge in [0.15, 0.2) is 0 Å². The molecule has 0 aliphatic rings. The van der Waals surface area contributed by atoms with Gasteiger partial charge in [-0.2, -0.15) is 12.1 Å². The molecule has 0 radical (unpaired) electrons. The molecule has 70 valence electrons. The van der Waals surface area contributed by atoms with Crippen LogP contribution >= 0.6 is 0 Å². The van der Waals surface area contributed by atoms with E-state index in [1.807, 2.05) is 30.3 Å². The average Bonchev–Trinajstić information content (AvgIpc) is 2.23. The van der Waals surface area contributed by atoms with Crippen LogP contribution in [-0.2, 0) is 0 Å². The summed E-state index contributed by atoms with van der Waals surface area (Å²) in [5.41, 5.74) is 1.48. The minimum atomic E-state index is -0.216. The largest absolute Gasteiger partial charge is 1.00 e. The third kappa shape index (κ3) is 2.53. The van der Waals surface area contributed by atoms with Gasteiger partial charge in [0, 0.05) is 5.75 Å². The van der Waals surface area contributed by atoms with Crippen molar-refractivity contribution in [1.29, 1.82) is 0 Å². The SMILES string of the molecule is Oc1[c-]ccc(-c2ccccc2)c1O.[Na+]. The van der Waals surface area contributed by atoms with Gasteiger partial charge >= 0.3 is 29.6 Å². The van der Waals surface area contributed by atoms with Gasteiger partial charge in [0.1, 0.15) is 0 Å². The standard InChI is InChI=1S/C12H9O2.Na/c13-11-8-4-7-10(12(11)14)9-5-2-1-3-6-9;/h1-7,13-14H;/q-1;+1. The summed E-state index contributed by atoms with van der Waals surface area (Å²) in [7, 11) is 0. The maximum Gasteiger partial charge on any atom is 1.00 e. The van der Waals surface area contributed by atoms with Crippen LogP contribution in [0.15, 0.2) is 42.5 Å². The molecule has 0 aromatic heterocycles. The molecule has 3 heteroatoms. The van der Waals surface area contributed by atoms with E-state index in [0.717, 1.165) is 5.56 Å². The summed E-state index contributed by atoms with van der Waals surface area (Å²) in [6.45, 7) is 0. The van der Waals surface area contributed by atoms with E-state index in [4.69, 9.17) is 0 Å². The van der Waals surface area contributed by atoms with E-state index in [1.165, 1.54) is 0 Å². The Balaban J connectivity index is 0.00000112. The van der Waals surface area contributed by atoms with Gasteiger partial charge in [-0.25, -0.2) is 0 Å². The van der Waals surface area contributed by atoms with E-state index in [1.54, 1.807) is 12.1 Å². The Bertz CT molecular complexity index is 441. The number of phenolic OH excluding ortho intramolecular Hbond substituents is 2. The summed E-state index contributed by atoms with van der Waals surface area (Å²) in [4.78, 5) is 0. The molecule has 0 aliphatic heterocycles. The fraction of sp³-hybridized carbons (Fsp3) is 0. The number of benzene rings is 2. The predicted octanol–water partition coefficient (Wildman–Crippen LogP) is -0.431. The number of hydrogen-bond acceptors (Lipinski definition) is 2. The van der Waals surface area contributed by atoms with Crippen LogP contribution in [0.1, 0.15) is 0 Å². The monoisotopic (exact) mass is 208 g/mol. The summed E-state index contributed by atoms with van der Waals surface area (Å²) in [6, 6.07) is 15.2. The van der Waals surface area contributed by atoms with Crippen molar-refractivity contribution in [2.75, 3.05) is 0 Å². The van der Waals surface area contributed by atoms with Crippen molar-refractivity contribution in [3.05, 3.63) is 48.5 Å². The Kier molecular flexibility index (Phi) is 4.21. The first-order valence-corrected chi connectivity index (χ1v) is 4.27. The molecule has 2 N–H and O–H groups in total. The number of phenols is 2. The molecule has 2 rings (SSSR count). The fourth-order valence-corrected chi connectivity index (χ4v) is 1.33. The van der Waals surface area contributed by atoms with Crippen molar-refractivity contribution in [2.24, 2.45) is 0 Å². The molecule has 2 aromatic rings. The smallest absolute Gasteiger partial charge is 0.561 e. The molecule has 15 heavy (non-hydrogen) atoms. The molecule has 0 amide bonds. The van der Waals surface area contributed by atoms with Crippen LogP contribution < -0.4 is 29.6 Å². The van der Waals surface area contributed by atoms with Crippen molar-refractivity contribution in [3.8, 4) is 22.6 Å². The van der Waals surface area contributed by atoms with Gasteiger partial charge in [0.2, 0.25) is 0 Å². The van der Waals surface area contributed by atoms with Gasteiger partial charge < -0.3 is 10.2 Å². The molecule has 0 saturated carbocycles. The van der Waals surface area contributed by atoms with Crippen LogP contribution in [0.3, 0.4) is 0 Å². The molecular weight excluding hydrogens is 199 g/mol. The molecule has 0 aliphatic carbocycles. The average molecular weight is 208 g/mol. The van der Waals surface area contributed by atoms with Gasteiger partial charge in [-0.05, 0) is 5.56 Å². The van der Waals surface area contributed by atoms with Crippen molar-refractivity contribution in [2.45, 2.75) is 0 Å². The molecule has 0 spiro atoms. The summed E-state index contributed by atoms with van der Waals surface area (Å²) >= 11 is 0. The second kappa shape index (κ2) is 5.21. The Labute approximate surface area is 110 Å². The third-order valence-electron chi connectivity index (χ3n) is 2.03. The van der Waals surface area contributed by atoms with Crippen LogP contribution in [0.4, 0.5) is 0 Å². The number of hydrogen-bond donors (Lipinski definition) is 2. The Hall–Kier alpha value is -0.960. The molecule has 0 fully saturated rings. The van der Waals surface area contributed by atoms with E-state index in [9.17, 15) is 10.2 Å². The van der Waals surface area contributed by atoms with Crippen molar-refractivity contribution in [1.82, 2.24) is 0 Å². The first-order valence-electron chi connectivity index (χ1n) is 4.27. The van der Waals surface area contributed by atoms with Crippen LogP contribution in [0.25, 0.3) is 11.1 Å². The van der Waals surface area contributed by atoms with Crippen LogP contribution in [0.5, 0.6) is 11.5 Å². The quantitative estimate of drug-likeness (QED) is 0.379. The molecule has 0 atom stereocenters. The van der Waals surface area contributed by atoms with Crippen molar-refractivity contribution >= 4 is 0 Å². The zero-order chi connectivity index (χ0) is 9.97. The van der Waals surface area contributed by atoms with Crippen LogP contribution in [0, 0.1) is 6.07 Å². The van der Waals surface area contributed by atoms with Crippen LogP contribution in [-0.4, -0.2) is 10.2 Å². The zero-order valence-electron chi connectivity index (χ0n) is 8.44. The maximum atomic E-state index is 9.57. The first kappa shape index (κ1) is 12.1. The molecule has 2 nitrogen and oxygen atoms in total. The van der Waals surface area contributed by atoms with E-state index in [0.29, 0.717) is 5.56 Å². The molecular formula is C12H9NaO2. The molecule has 0 unspecified atom stereocenters. The first-order chi connectivity index (χ1) is 6.79. The molecule has 0 saturated heterocycles. The van der Waals surface area contributed by atoms with Gasteiger partial charge in [-0.15, -0.1) is 6.07 Å². The summed E-state index contributed by atoms with van der Waals surface area (Å²) in [5, 5.41) is 18.8. The Morgan fingerprint density at radius 3 is 2.27 bits per heavy atom. The molecule has 0 heterocycles. The summed E-state index contributed by atoms with van der Waals surface area (Å²) in [6.07, 6.45) is 0. The molecule has 2 aromatic carbocycles.